The van der Waals surface area contributed by atoms with Gasteiger partial charge in [-0.15, -0.1) is 0 Å². The summed E-state index contributed by atoms with van der Waals surface area (Å²) < 4.78 is 0. The molecule has 2 aliphatic heterocycles. The Morgan fingerprint density at radius 1 is 0.978 bits per heavy atom. The number of carbonyl (C=O) groups excluding carboxylic acids is 3. The normalized spacial score (nSPS) is 19.4. The summed E-state index contributed by atoms with van der Waals surface area (Å²) in [5.41, 5.74) is 3.78. The van der Waals surface area contributed by atoms with Crippen LogP contribution in [0.25, 0.3) is 0 Å². The van der Waals surface area contributed by atoms with Crippen LogP contribution in [-0.2, 0) is 45.7 Å². The first-order chi connectivity index (χ1) is 21.6. The largest absolute Gasteiger partial charge is 0.465 e. The van der Waals surface area contributed by atoms with Crippen molar-refractivity contribution in [2.45, 2.75) is 51.1 Å². The maximum atomic E-state index is 14.1. The van der Waals surface area contributed by atoms with Gasteiger partial charge in [0.2, 0.25) is 17.7 Å². The van der Waals surface area contributed by atoms with Gasteiger partial charge in [0.15, 0.2) is 0 Å². The smallest absolute Gasteiger partial charge is 0.407 e. The Morgan fingerprint density at radius 3 is 2.42 bits per heavy atom. The first-order valence-electron chi connectivity index (χ1n) is 15.3. The highest BCUT2D eigenvalue weighted by Crippen LogP contribution is 2.47. The molecule has 3 heterocycles. The molecule has 4 N–H and O–H groups in total. The lowest BCUT2D eigenvalue weighted by Crippen LogP contribution is -2.49. The minimum Gasteiger partial charge on any atom is -0.465 e. The monoisotopic (exact) mass is 610 g/mol. The van der Waals surface area contributed by atoms with Crippen LogP contribution in [0.3, 0.4) is 0 Å². The van der Waals surface area contributed by atoms with E-state index in [9.17, 15) is 24.3 Å². The molecule has 1 aliphatic carbocycles. The van der Waals surface area contributed by atoms with Crippen LogP contribution < -0.4 is 16.0 Å². The predicted molar refractivity (Wildman–Crippen MR) is 169 cm³/mol. The molecule has 45 heavy (non-hydrogen) atoms. The van der Waals surface area contributed by atoms with Crippen LogP contribution in [-0.4, -0.2) is 70.4 Å². The van der Waals surface area contributed by atoms with Gasteiger partial charge in [-0.2, -0.15) is 0 Å². The fourth-order valence-corrected chi connectivity index (χ4v) is 6.89. The Hall–Kier alpha value is -4.77. The zero-order valence-electron chi connectivity index (χ0n) is 25.6. The van der Waals surface area contributed by atoms with Gasteiger partial charge >= 0.3 is 6.09 Å². The molecule has 3 aromatic rings. The van der Waals surface area contributed by atoms with Crippen LogP contribution in [0, 0.1) is 5.41 Å². The first kappa shape index (κ1) is 30.3. The Kier molecular flexibility index (Phi) is 8.05. The molecular formula is C34H38N6O5. The Labute approximate surface area is 262 Å². The van der Waals surface area contributed by atoms with E-state index in [1.165, 1.54) is 11.9 Å². The summed E-state index contributed by atoms with van der Waals surface area (Å²) >= 11 is 0. The zero-order valence-corrected chi connectivity index (χ0v) is 25.6. The molecule has 0 bridgehead atoms. The highest BCUT2D eigenvalue weighted by atomic mass is 16.4. The maximum Gasteiger partial charge on any atom is 0.407 e. The Morgan fingerprint density at radius 2 is 1.69 bits per heavy atom. The van der Waals surface area contributed by atoms with Crippen molar-refractivity contribution in [2.75, 3.05) is 37.3 Å². The van der Waals surface area contributed by atoms with Crippen LogP contribution in [0.1, 0.15) is 47.6 Å². The summed E-state index contributed by atoms with van der Waals surface area (Å²) in [5.74, 6) is 0.110. The van der Waals surface area contributed by atoms with E-state index in [0.717, 1.165) is 40.9 Å². The second-order valence-corrected chi connectivity index (χ2v) is 12.7. The lowest BCUT2D eigenvalue weighted by atomic mass is 9.79. The molecular weight excluding hydrogens is 572 g/mol. The van der Waals surface area contributed by atoms with Gasteiger partial charge in [0, 0.05) is 43.0 Å². The van der Waals surface area contributed by atoms with Gasteiger partial charge < -0.3 is 30.9 Å². The second kappa shape index (κ2) is 12.0. The molecule has 1 atom stereocenters. The molecule has 1 spiro atoms. The fraction of sp³-hybridized carbons (Fsp3) is 0.382. The van der Waals surface area contributed by atoms with Gasteiger partial charge in [-0.3, -0.25) is 14.4 Å². The molecule has 1 fully saturated rings. The zero-order chi connectivity index (χ0) is 31.8. The number of rotatable bonds is 8. The number of benzene rings is 2. The molecule has 6 rings (SSSR count). The number of hydrogen-bond donors (Lipinski definition) is 4. The number of amides is 4. The quantitative estimate of drug-likeness (QED) is 0.306. The van der Waals surface area contributed by atoms with E-state index in [1.807, 2.05) is 61.5 Å². The minimum atomic E-state index is -1.05. The number of pyridine rings is 1. The lowest BCUT2D eigenvalue weighted by Gasteiger charge is -2.37. The average Bonchev–Trinajstić information content (AvgIpc) is 3.54. The molecule has 0 radical (unpaired) electrons. The van der Waals surface area contributed by atoms with Crippen LogP contribution in [0.15, 0.2) is 60.8 Å². The van der Waals surface area contributed by atoms with Gasteiger partial charge in [0.05, 0.1) is 5.41 Å². The van der Waals surface area contributed by atoms with Crippen molar-refractivity contribution < 1.29 is 24.3 Å². The summed E-state index contributed by atoms with van der Waals surface area (Å²) in [6.07, 6.45) is 3.01. The minimum absolute atomic E-state index is 0.0617. The van der Waals surface area contributed by atoms with E-state index < -0.39 is 16.9 Å². The highest BCUT2D eigenvalue weighted by molar-refractivity contribution is 6.06. The van der Waals surface area contributed by atoms with Gasteiger partial charge in [-0.25, -0.2) is 9.78 Å². The van der Waals surface area contributed by atoms with Gasteiger partial charge in [-0.05, 0) is 79.2 Å². The number of nitrogens with zero attached hydrogens (tertiary/aromatic N) is 3. The first-order valence-corrected chi connectivity index (χ1v) is 15.3. The highest BCUT2D eigenvalue weighted by Gasteiger charge is 2.51. The Bertz CT molecular complexity index is 1670. The van der Waals surface area contributed by atoms with Crippen LogP contribution in [0.2, 0.25) is 0 Å². The molecule has 3 aliphatic rings. The van der Waals surface area contributed by atoms with Crippen molar-refractivity contribution in [3.05, 3.63) is 88.6 Å². The number of aromatic nitrogens is 1. The molecule has 234 valence electrons. The molecule has 0 unspecified atom stereocenters. The number of piperidine rings is 1. The van der Waals surface area contributed by atoms with Crippen molar-refractivity contribution in [1.82, 2.24) is 20.1 Å². The third kappa shape index (κ3) is 5.87. The van der Waals surface area contributed by atoms with Crippen molar-refractivity contribution in [2.24, 2.45) is 5.41 Å². The summed E-state index contributed by atoms with van der Waals surface area (Å²) in [4.78, 5) is 59.3. The fourth-order valence-electron chi connectivity index (χ4n) is 6.89. The van der Waals surface area contributed by atoms with Crippen molar-refractivity contribution in [1.29, 1.82) is 0 Å². The second-order valence-electron chi connectivity index (χ2n) is 12.7. The van der Waals surface area contributed by atoms with Crippen LogP contribution in [0.5, 0.6) is 0 Å². The number of nitrogens with one attached hydrogen (secondary N) is 3. The summed E-state index contributed by atoms with van der Waals surface area (Å²) in [7, 11) is 1.50. The summed E-state index contributed by atoms with van der Waals surface area (Å²) in [6.45, 7) is 3.57. The van der Waals surface area contributed by atoms with E-state index in [2.05, 4.69) is 20.9 Å². The van der Waals surface area contributed by atoms with E-state index in [4.69, 9.17) is 0 Å². The van der Waals surface area contributed by atoms with Crippen molar-refractivity contribution >= 4 is 35.3 Å². The number of fused-ring (bicyclic) bond motifs is 3. The van der Waals surface area contributed by atoms with Crippen LogP contribution in [0.4, 0.5) is 16.3 Å². The van der Waals surface area contributed by atoms with Crippen molar-refractivity contribution in [3.63, 3.8) is 0 Å². The summed E-state index contributed by atoms with van der Waals surface area (Å²) in [6, 6.07) is 16.9. The van der Waals surface area contributed by atoms with Gasteiger partial charge in [0.25, 0.3) is 0 Å². The molecule has 1 saturated heterocycles. The lowest BCUT2D eigenvalue weighted by molar-refractivity contribution is -0.145. The Balaban J connectivity index is 1.21. The molecule has 11 heteroatoms. The van der Waals surface area contributed by atoms with Crippen LogP contribution >= 0.6 is 0 Å². The molecule has 2 aromatic carbocycles. The molecule has 11 nitrogen and oxygen atoms in total. The standard InChI is InChI=1S/C34H38N6O5/c1-33(11-14-35-15-12-33)31(43)40(20-24-7-4-3-6-23(24)19-39(2)32(44)45)21-28(41)37-26-10-9-22-17-34(18-25(22)16-26)27-8-5-13-36-29(27)38-30(34)42/h3-10,13,16,35H,11-12,14-15,17-21H2,1-2H3,(H,37,41)(H,44,45)(H,36,38,42)/t34-/m1/s1. The van der Waals surface area contributed by atoms with Crippen molar-refractivity contribution in [3.8, 4) is 0 Å². The van der Waals surface area contributed by atoms with Gasteiger partial charge in [-0.1, -0.05) is 43.3 Å². The molecule has 1 aromatic heterocycles. The average molecular weight is 611 g/mol. The SMILES string of the molecule is CN(Cc1ccccc1CN(CC(=O)Nc1ccc2c(c1)C[C@@]1(C2)C(=O)Nc2ncccc21)C(=O)C1(C)CCNCC1)C(=O)O. The molecule has 4 amide bonds. The van der Waals surface area contributed by atoms with E-state index in [-0.39, 0.29) is 37.4 Å². The number of anilines is 2. The molecule has 0 saturated carbocycles. The topological polar surface area (TPSA) is 144 Å². The van der Waals surface area contributed by atoms with Gasteiger partial charge in [0.1, 0.15) is 12.4 Å². The van der Waals surface area contributed by atoms with E-state index >= 15 is 0 Å². The number of carbonyl (C=O) groups is 4. The summed E-state index contributed by atoms with van der Waals surface area (Å²) in [5, 5.41) is 18.6. The number of hydrogen-bond acceptors (Lipinski definition) is 6. The third-order valence-electron chi connectivity index (χ3n) is 9.52. The van der Waals surface area contributed by atoms with E-state index in [1.54, 1.807) is 11.1 Å². The predicted octanol–water partition coefficient (Wildman–Crippen LogP) is 3.54. The third-order valence-corrected chi connectivity index (χ3v) is 9.52. The van der Waals surface area contributed by atoms with E-state index in [0.29, 0.717) is 37.2 Å². The number of carboxylic acid groups (broad SMARTS) is 1. The maximum absolute atomic E-state index is 14.1.